The first-order valence-corrected chi connectivity index (χ1v) is 36.3. The Kier molecular flexibility index (Phi) is 11.0. The Hall–Kier alpha value is -14.4. The highest BCUT2D eigenvalue weighted by Crippen LogP contribution is 2.53. The first-order valence-electron chi connectivity index (χ1n) is 44.3. The van der Waals surface area contributed by atoms with Crippen LogP contribution in [0.4, 0.5) is 51.2 Å². The predicted molar refractivity (Wildman–Crippen MR) is 460 cm³/mol. The zero-order valence-corrected chi connectivity index (χ0v) is 58.2. The molecule has 3 aromatic heterocycles. The topological polar surface area (TPSA) is 24.5 Å². The van der Waals surface area contributed by atoms with Crippen molar-refractivity contribution in [3.05, 3.63) is 406 Å². The quantitative estimate of drug-likeness (QED) is 0.114. The Morgan fingerprint density at radius 2 is 0.633 bits per heavy atom. The summed E-state index contributed by atoms with van der Waals surface area (Å²) < 4.78 is 159. The fraction of sp³-hybridized carbons (Fsp3) is 0. The second kappa shape index (κ2) is 25.2. The Labute approximate surface area is 654 Å². The van der Waals surface area contributed by atoms with Gasteiger partial charge in [0.05, 0.1) is 66.4 Å². The van der Waals surface area contributed by atoms with Crippen LogP contribution in [0.1, 0.15) is 21.9 Å². The lowest BCUT2D eigenvalue weighted by molar-refractivity contribution is 1.15. The van der Waals surface area contributed by atoms with Crippen LogP contribution >= 0.6 is 0 Å². The second-order valence-corrected chi connectivity index (χ2v) is 27.5. The van der Waals surface area contributed by atoms with E-state index in [9.17, 15) is 19.2 Å². The van der Waals surface area contributed by atoms with Crippen LogP contribution in [0.3, 0.4) is 0 Å². The lowest BCUT2D eigenvalue weighted by atomic mass is 9.33. The number of aromatic nitrogens is 3. The molecule has 0 atom stereocenters. The zero-order valence-electron chi connectivity index (χ0n) is 74.2. The summed E-state index contributed by atoms with van der Waals surface area (Å²) in [5.74, 6) is 0. The molecule has 17 aromatic carbocycles. The van der Waals surface area contributed by atoms with Crippen molar-refractivity contribution in [1.82, 2.24) is 13.7 Å². The smallest absolute Gasteiger partial charge is 0.252 e. The molecule has 0 fully saturated rings. The average molecular weight is 1400 g/mol. The van der Waals surface area contributed by atoms with Crippen LogP contribution in [-0.2, 0) is 0 Å². The molecule has 22 rings (SSSR count). The normalized spacial score (nSPS) is 14.4. The molecule has 7 heteroatoms. The van der Waals surface area contributed by atoms with Crippen molar-refractivity contribution in [3.63, 3.8) is 0 Å². The van der Waals surface area contributed by atoms with Gasteiger partial charge in [-0.25, -0.2) is 0 Å². The minimum Gasteiger partial charge on any atom is -0.311 e. The van der Waals surface area contributed by atoms with Gasteiger partial charge in [-0.3, -0.25) is 0 Å². The molecule has 5 heterocycles. The van der Waals surface area contributed by atoms with E-state index in [1.54, 1.807) is 4.57 Å². The van der Waals surface area contributed by atoms with Gasteiger partial charge in [0.15, 0.2) is 0 Å². The number of hydrogen-bond donors (Lipinski definition) is 0. The molecule has 2 aliphatic rings. The van der Waals surface area contributed by atoms with Gasteiger partial charge in [-0.05, 0) is 177 Å². The van der Waals surface area contributed by atoms with Crippen LogP contribution in [0.25, 0.3) is 127 Å². The van der Waals surface area contributed by atoms with Gasteiger partial charge in [-0.1, -0.05) is 279 Å². The second-order valence-electron chi connectivity index (χ2n) is 27.5. The molecule has 0 saturated carbocycles. The van der Waals surface area contributed by atoms with Crippen molar-refractivity contribution in [2.45, 2.75) is 0 Å². The molecule has 508 valence electrons. The maximum Gasteiger partial charge on any atom is 0.252 e. The molecule has 0 aliphatic carbocycles. The zero-order chi connectivity index (χ0) is 85.5. The summed E-state index contributed by atoms with van der Waals surface area (Å²) in [6.07, 6.45) is 0. The summed E-state index contributed by atoms with van der Waals surface area (Å²) in [4.78, 5) is 6.67. The minimum absolute atomic E-state index is 0.0910. The van der Waals surface area contributed by atoms with E-state index in [1.807, 2.05) is 170 Å². The summed E-state index contributed by atoms with van der Waals surface area (Å²) in [6.45, 7) is -0.812. The van der Waals surface area contributed by atoms with Gasteiger partial charge >= 0.3 is 0 Å². The molecule has 0 radical (unpaired) electrons. The number of rotatable bonds is 12. The molecule has 2 aliphatic heterocycles. The SMILES string of the molecule is [2H]c1c([2H])c([2H])c2c(c1[2H])c1c([2H])c([2H])c([2H])c([2H])c1n2-c1ccc2c(c1)N(c1cc(-c3ccccc3)cc(-c3ccccc3)c1)c1cc(-n3c4c([2H])c([2H])c([2H])c([2H])c4c4c([2H])c([2H])c([2H])c([2H])c43)cc3c1B2c1ccc(-n2c4ccccc4c4cc(N(c5ccccc5)c5ccccc5)ccc42)cc1N3c1c(-c2ccccc2)cccc1-c1ccccc1. The molecule has 0 bridgehead atoms. The highest BCUT2D eigenvalue weighted by Gasteiger charge is 2.45. The Bertz CT molecular complexity index is 7700. The maximum atomic E-state index is 10.2. The highest BCUT2D eigenvalue weighted by molar-refractivity contribution is 7.00. The van der Waals surface area contributed by atoms with Crippen LogP contribution in [0, 0.1) is 0 Å². The average Bonchev–Trinajstić information content (AvgIpc) is 1.60. The van der Waals surface area contributed by atoms with Crippen molar-refractivity contribution >= 4 is 140 Å². The van der Waals surface area contributed by atoms with Gasteiger partial charge in [0.1, 0.15) is 0 Å². The monoisotopic (exact) mass is 1400 g/mol. The number of anilines is 9. The third-order valence-corrected chi connectivity index (χ3v) is 21.6. The van der Waals surface area contributed by atoms with Crippen LogP contribution in [0.15, 0.2) is 406 Å². The largest absolute Gasteiger partial charge is 0.311 e. The van der Waals surface area contributed by atoms with Crippen molar-refractivity contribution in [2.24, 2.45) is 0 Å². The van der Waals surface area contributed by atoms with Gasteiger partial charge in [0, 0.05) is 100 Å². The fourth-order valence-electron chi connectivity index (χ4n) is 17.0. The number of hydrogen-bond acceptors (Lipinski definition) is 3. The molecular weight excluding hydrogens is 1320 g/mol. The molecular formula is C102H67BN6. The summed E-state index contributed by atoms with van der Waals surface area (Å²) in [7, 11) is 0. The molecule has 0 unspecified atom stereocenters. The maximum absolute atomic E-state index is 10.2. The third-order valence-electron chi connectivity index (χ3n) is 21.6. The van der Waals surface area contributed by atoms with Gasteiger partial charge in [0.25, 0.3) is 6.71 Å². The third kappa shape index (κ3) is 9.91. The Morgan fingerprint density at radius 3 is 1.13 bits per heavy atom. The standard InChI is InChI=1S/C102H67BN6/c1-7-30-68(31-8-1)72-60-73(69-32-9-2-10-33-69)62-79(61-72)108-97-64-77(105-91-49-24-19-42-83(91)84-43-20-25-50-92(84)105)54-57-89(97)103-90-58-55-78(106-95-53-28-23-46-87(95)88-63-76(56-59-96(88)106)104(74-38-15-5-16-39-74)75-40-17-6-18-41-75)65-98(90)109(102-81(70-34-11-3-12-35-70)47-29-48-82(102)71-36-13-4-14-37-71)100-67-80(66-99(108)101(100)103)107-93-51-26-21-44-85(93)86-45-22-27-52-94(86)107/h1-67H/i19D,20D,21D,22D,24D,25D,26D,27D,42D,43D,44D,45D,49D,50D,51D,52D. The molecule has 0 saturated heterocycles. The predicted octanol–water partition coefficient (Wildman–Crippen LogP) is 25.2. The van der Waals surface area contributed by atoms with Crippen LogP contribution < -0.4 is 31.1 Å². The summed E-state index contributed by atoms with van der Waals surface area (Å²) in [5.41, 5.74) is 17.9. The summed E-state index contributed by atoms with van der Waals surface area (Å²) >= 11 is 0. The molecule has 0 N–H and O–H groups in total. The van der Waals surface area contributed by atoms with Gasteiger partial charge in [-0.2, -0.15) is 0 Å². The molecule has 6 nitrogen and oxygen atoms in total. The van der Waals surface area contributed by atoms with Crippen molar-refractivity contribution in [3.8, 4) is 61.6 Å². The van der Waals surface area contributed by atoms with Gasteiger partial charge in [-0.15, -0.1) is 0 Å². The van der Waals surface area contributed by atoms with Gasteiger partial charge < -0.3 is 28.4 Å². The fourth-order valence-corrected chi connectivity index (χ4v) is 17.0. The van der Waals surface area contributed by atoms with Crippen LogP contribution in [0.2, 0.25) is 0 Å². The van der Waals surface area contributed by atoms with E-state index in [0.29, 0.717) is 33.9 Å². The molecule has 0 spiro atoms. The number of benzene rings is 17. The van der Waals surface area contributed by atoms with Crippen molar-refractivity contribution < 1.29 is 21.9 Å². The highest BCUT2D eigenvalue weighted by atomic mass is 15.2. The van der Waals surface area contributed by atoms with Crippen LogP contribution in [-0.4, -0.2) is 20.4 Å². The number of para-hydroxylation sites is 8. The van der Waals surface area contributed by atoms with Crippen LogP contribution in [0.5, 0.6) is 0 Å². The summed E-state index contributed by atoms with van der Waals surface area (Å²) in [5, 5.41) is 1.50. The first kappa shape index (κ1) is 47.9. The first-order chi connectivity index (χ1) is 60.8. The van der Waals surface area contributed by atoms with E-state index >= 15 is 0 Å². The van der Waals surface area contributed by atoms with Crippen molar-refractivity contribution in [2.75, 3.05) is 14.7 Å². The lowest BCUT2D eigenvalue weighted by Crippen LogP contribution is -2.61. The van der Waals surface area contributed by atoms with E-state index in [0.717, 1.165) is 106 Å². The Morgan fingerprint density at radius 1 is 0.239 bits per heavy atom. The molecule has 109 heavy (non-hydrogen) atoms. The Balaban J connectivity index is 0.934. The van der Waals surface area contributed by atoms with E-state index < -0.39 is 103 Å². The lowest BCUT2D eigenvalue weighted by Gasteiger charge is -2.45. The minimum atomic E-state index is -0.812. The summed E-state index contributed by atoms with van der Waals surface area (Å²) in [6, 6.07) is 95.8. The van der Waals surface area contributed by atoms with E-state index in [1.165, 1.54) is 4.57 Å². The molecule has 20 aromatic rings. The van der Waals surface area contributed by atoms with E-state index in [2.05, 4.69) is 159 Å². The van der Waals surface area contributed by atoms with E-state index in [4.69, 9.17) is 2.74 Å². The molecule has 0 amide bonds. The van der Waals surface area contributed by atoms with E-state index in [-0.39, 0.29) is 55.0 Å². The number of fused-ring (bicyclic) bond motifs is 13. The van der Waals surface area contributed by atoms with Crippen molar-refractivity contribution in [1.29, 1.82) is 0 Å². The van der Waals surface area contributed by atoms with Gasteiger partial charge in [0.2, 0.25) is 0 Å². The number of nitrogens with zero attached hydrogens (tertiary/aromatic N) is 6.